The van der Waals surface area contributed by atoms with Gasteiger partial charge < -0.3 is 15.4 Å². The lowest BCUT2D eigenvalue weighted by molar-refractivity contribution is 0.144. The third-order valence-electron chi connectivity index (χ3n) is 4.04. The molecule has 0 amide bonds. The summed E-state index contributed by atoms with van der Waals surface area (Å²) in [5, 5.41) is 9.33. The zero-order valence-electron chi connectivity index (χ0n) is 16.0. The van der Waals surface area contributed by atoms with Gasteiger partial charge in [-0.05, 0) is 49.4 Å². The molecule has 0 fully saturated rings. The van der Waals surface area contributed by atoms with Crippen LogP contribution in [0.2, 0.25) is 0 Å². The number of hydrogen-bond donors (Lipinski definition) is 2. The third-order valence-corrected chi connectivity index (χ3v) is 4.04. The van der Waals surface area contributed by atoms with Crippen molar-refractivity contribution in [2.75, 3.05) is 32.8 Å². The molecule has 0 saturated carbocycles. The largest absolute Gasteiger partial charge is 0.382 e. The molecule has 0 aliphatic carbocycles. The molecular formula is C21H32IN3O. The molecule has 144 valence electrons. The Morgan fingerprint density at radius 1 is 1.00 bits per heavy atom. The van der Waals surface area contributed by atoms with Crippen molar-refractivity contribution in [1.29, 1.82) is 0 Å². The Kier molecular flexibility index (Phi) is 12.1. The fourth-order valence-electron chi connectivity index (χ4n) is 2.71. The minimum atomic E-state index is 0. The van der Waals surface area contributed by atoms with Crippen LogP contribution in [-0.2, 0) is 11.2 Å². The van der Waals surface area contributed by atoms with Gasteiger partial charge in [-0.25, -0.2) is 0 Å². The van der Waals surface area contributed by atoms with Crippen LogP contribution >= 0.6 is 24.0 Å². The first-order valence-corrected chi connectivity index (χ1v) is 9.41. The van der Waals surface area contributed by atoms with E-state index in [4.69, 9.17) is 4.74 Å². The molecule has 0 aliphatic heterocycles. The monoisotopic (exact) mass is 469 g/mol. The van der Waals surface area contributed by atoms with Crippen LogP contribution in [0.3, 0.4) is 0 Å². The molecule has 0 heterocycles. The number of hydrogen-bond acceptors (Lipinski definition) is 2. The molecule has 5 heteroatoms. The van der Waals surface area contributed by atoms with Gasteiger partial charge in [0, 0.05) is 32.8 Å². The van der Waals surface area contributed by atoms with Gasteiger partial charge in [0.25, 0.3) is 0 Å². The first-order valence-electron chi connectivity index (χ1n) is 9.41. The minimum absolute atomic E-state index is 0. The van der Waals surface area contributed by atoms with Gasteiger partial charge in [0.15, 0.2) is 5.96 Å². The van der Waals surface area contributed by atoms with E-state index in [2.05, 4.69) is 65.0 Å². The molecule has 0 saturated heterocycles. The van der Waals surface area contributed by atoms with Crippen LogP contribution in [0.1, 0.15) is 32.3 Å². The highest BCUT2D eigenvalue weighted by Crippen LogP contribution is 2.15. The van der Waals surface area contributed by atoms with Gasteiger partial charge in [0.05, 0.1) is 0 Å². The maximum absolute atomic E-state index is 5.35. The van der Waals surface area contributed by atoms with Gasteiger partial charge in [-0.1, -0.05) is 42.5 Å². The second-order valence-corrected chi connectivity index (χ2v) is 6.02. The molecular weight excluding hydrogens is 437 g/mol. The number of rotatable bonds is 10. The molecule has 0 radical (unpaired) electrons. The highest BCUT2D eigenvalue weighted by Gasteiger charge is 1.99. The molecule has 0 aliphatic rings. The molecule has 0 spiro atoms. The van der Waals surface area contributed by atoms with Crippen LogP contribution in [-0.4, -0.2) is 38.8 Å². The summed E-state index contributed by atoms with van der Waals surface area (Å²) in [7, 11) is 0. The molecule has 2 rings (SSSR count). The summed E-state index contributed by atoms with van der Waals surface area (Å²) in [5.41, 5.74) is 1.35. The first kappa shape index (κ1) is 22.7. The zero-order valence-corrected chi connectivity index (χ0v) is 18.3. The number of halogens is 1. The lowest BCUT2D eigenvalue weighted by Gasteiger charge is -2.11. The molecule has 4 nitrogen and oxygen atoms in total. The van der Waals surface area contributed by atoms with E-state index in [0.717, 1.165) is 58.1 Å². The van der Waals surface area contributed by atoms with Crippen molar-refractivity contribution < 1.29 is 4.74 Å². The third kappa shape index (κ3) is 8.36. The normalized spacial score (nSPS) is 11.2. The van der Waals surface area contributed by atoms with Crippen LogP contribution < -0.4 is 10.6 Å². The summed E-state index contributed by atoms with van der Waals surface area (Å²) in [6.07, 6.45) is 3.11. The van der Waals surface area contributed by atoms with Gasteiger partial charge in [0.1, 0.15) is 0 Å². The summed E-state index contributed by atoms with van der Waals surface area (Å²) in [4.78, 5) is 4.63. The Morgan fingerprint density at radius 3 is 2.58 bits per heavy atom. The summed E-state index contributed by atoms with van der Waals surface area (Å²) >= 11 is 0. The van der Waals surface area contributed by atoms with Gasteiger partial charge in [-0.3, -0.25) is 4.99 Å². The van der Waals surface area contributed by atoms with E-state index >= 15 is 0 Å². The molecule has 2 N–H and O–H groups in total. The van der Waals surface area contributed by atoms with E-state index in [1.54, 1.807) is 0 Å². The number of fused-ring (bicyclic) bond motifs is 1. The zero-order chi connectivity index (χ0) is 17.7. The number of benzene rings is 2. The van der Waals surface area contributed by atoms with E-state index in [-0.39, 0.29) is 24.0 Å². The summed E-state index contributed by atoms with van der Waals surface area (Å²) in [5.74, 6) is 0.902. The number of ether oxygens (including phenoxy) is 1. The highest BCUT2D eigenvalue weighted by molar-refractivity contribution is 14.0. The first-order chi connectivity index (χ1) is 12.3. The van der Waals surface area contributed by atoms with Gasteiger partial charge in [-0.2, -0.15) is 0 Å². The SMILES string of the molecule is CCNC(=NCCCCOCC)NCCc1ccc2ccccc2c1.I. The van der Waals surface area contributed by atoms with Crippen LogP contribution in [0.4, 0.5) is 0 Å². The van der Waals surface area contributed by atoms with Crippen molar-refractivity contribution in [1.82, 2.24) is 10.6 Å². The van der Waals surface area contributed by atoms with Gasteiger partial charge >= 0.3 is 0 Å². The Balaban J connectivity index is 0.00000338. The van der Waals surface area contributed by atoms with E-state index in [1.165, 1.54) is 16.3 Å². The van der Waals surface area contributed by atoms with Crippen LogP contribution in [0.5, 0.6) is 0 Å². The average molecular weight is 469 g/mol. The second kappa shape index (κ2) is 13.8. The van der Waals surface area contributed by atoms with Crippen LogP contribution in [0.15, 0.2) is 47.5 Å². The maximum Gasteiger partial charge on any atom is 0.191 e. The molecule has 26 heavy (non-hydrogen) atoms. The standard InChI is InChI=1S/C21H31N3O.HI/c1-3-22-21(23-14-7-8-16-25-4-2)24-15-13-18-11-12-19-9-5-6-10-20(19)17-18;/h5-6,9-12,17H,3-4,7-8,13-16H2,1-2H3,(H2,22,23,24);1H. The number of nitrogens with zero attached hydrogens (tertiary/aromatic N) is 1. The van der Waals surface area contributed by atoms with E-state index in [0.29, 0.717) is 0 Å². The van der Waals surface area contributed by atoms with Crippen molar-refractivity contribution in [3.8, 4) is 0 Å². The Hall–Kier alpha value is -1.34. The summed E-state index contributed by atoms with van der Waals surface area (Å²) in [6, 6.07) is 15.2. The average Bonchev–Trinajstić information content (AvgIpc) is 2.64. The fraction of sp³-hybridized carbons (Fsp3) is 0.476. The fourth-order valence-corrected chi connectivity index (χ4v) is 2.71. The number of aliphatic imine (C=N–C) groups is 1. The number of guanidine groups is 1. The van der Waals surface area contributed by atoms with Gasteiger partial charge in [-0.15, -0.1) is 24.0 Å². The quantitative estimate of drug-likeness (QED) is 0.235. The van der Waals surface area contributed by atoms with Crippen LogP contribution in [0, 0.1) is 0 Å². The molecule has 2 aromatic carbocycles. The maximum atomic E-state index is 5.35. The molecule has 2 aromatic rings. The topological polar surface area (TPSA) is 45.7 Å². The summed E-state index contributed by atoms with van der Waals surface area (Å²) in [6.45, 7) is 8.33. The Morgan fingerprint density at radius 2 is 1.81 bits per heavy atom. The number of nitrogens with one attached hydrogen (secondary N) is 2. The van der Waals surface area contributed by atoms with E-state index in [1.807, 2.05) is 6.92 Å². The molecule has 0 aromatic heterocycles. The van der Waals surface area contributed by atoms with Crippen molar-refractivity contribution in [3.63, 3.8) is 0 Å². The highest BCUT2D eigenvalue weighted by atomic mass is 127. The van der Waals surface area contributed by atoms with Crippen LogP contribution in [0.25, 0.3) is 10.8 Å². The smallest absolute Gasteiger partial charge is 0.191 e. The molecule has 0 bridgehead atoms. The lowest BCUT2D eigenvalue weighted by Crippen LogP contribution is -2.38. The number of unbranched alkanes of at least 4 members (excludes halogenated alkanes) is 1. The van der Waals surface area contributed by atoms with Crippen molar-refractivity contribution in [3.05, 3.63) is 48.0 Å². The van der Waals surface area contributed by atoms with Crippen molar-refractivity contribution in [2.24, 2.45) is 4.99 Å². The van der Waals surface area contributed by atoms with E-state index in [9.17, 15) is 0 Å². The van der Waals surface area contributed by atoms with Gasteiger partial charge in [0.2, 0.25) is 0 Å². The Labute approximate surface area is 174 Å². The predicted octanol–water partition coefficient (Wildman–Crippen LogP) is 4.37. The van der Waals surface area contributed by atoms with Crippen molar-refractivity contribution >= 4 is 40.7 Å². The van der Waals surface area contributed by atoms with E-state index < -0.39 is 0 Å². The molecule has 0 unspecified atom stereocenters. The predicted molar refractivity (Wildman–Crippen MR) is 123 cm³/mol. The minimum Gasteiger partial charge on any atom is -0.382 e. The van der Waals surface area contributed by atoms with Crippen molar-refractivity contribution in [2.45, 2.75) is 33.1 Å². The summed E-state index contributed by atoms with van der Waals surface area (Å²) < 4.78 is 5.35. The molecule has 0 atom stereocenters. The second-order valence-electron chi connectivity index (χ2n) is 6.02. The lowest BCUT2D eigenvalue weighted by atomic mass is 10.1. The Bertz CT molecular complexity index is 661.